The van der Waals surface area contributed by atoms with Crippen molar-refractivity contribution in [1.29, 1.82) is 0 Å². The van der Waals surface area contributed by atoms with Crippen molar-refractivity contribution < 1.29 is 19.4 Å². The molecule has 0 aromatic carbocycles. The van der Waals surface area contributed by atoms with Gasteiger partial charge in [-0.1, -0.05) is 208 Å². The molecule has 0 radical (unpaired) electrons. The van der Waals surface area contributed by atoms with Crippen molar-refractivity contribution in [2.45, 2.75) is 265 Å². The summed E-state index contributed by atoms with van der Waals surface area (Å²) in [6.07, 6.45) is 43.3. The van der Waals surface area contributed by atoms with Crippen LogP contribution in [0.2, 0.25) is 0 Å². The average molecular weight is 681 g/mol. The number of carboxylic acids is 1. The first kappa shape index (κ1) is 49.1. The molecule has 0 aliphatic carbocycles. The van der Waals surface area contributed by atoms with E-state index in [0.717, 1.165) is 38.0 Å². The van der Waals surface area contributed by atoms with E-state index in [4.69, 9.17) is 9.84 Å². The topological polar surface area (TPSA) is 63.6 Å². The molecule has 1 N–H and O–H groups in total. The second kappa shape index (κ2) is 42.1. The molecule has 0 bridgehead atoms. The Morgan fingerprint density at radius 2 is 0.792 bits per heavy atom. The lowest BCUT2D eigenvalue weighted by atomic mass is 9.92. The van der Waals surface area contributed by atoms with E-state index in [1.807, 2.05) is 0 Å². The average Bonchev–Trinajstić information content (AvgIpc) is 3.08. The minimum absolute atomic E-state index is 0.0584. The molecule has 4 nitrogen and oxygen atoms in total. The summed E-state index contributed by atoms with van der Waals surface area (Å²) in [6.45, 7) is 11.4. The molecule has 4 heteroatoms. The molecule has 0 aromatic heterocycles. The highest BCUT2D eigenvalue weighted by molar-refractivity contribution is 5.69. The number of rotatable bonds is 37. The molecule has 288 valence electrons. The van der Waals surface area contributed by atoms with Crippen LogP contribution in [0.1, 0.15) is 259 Å². The smallest absolute Gasteiger partial charge is 0.306 e. The van der Waals surface area contributed by atoms with Gasteiger partial charge in [0, 0.05) is 12.8 Å². The van der Waals surface area contributed by atoms with Crippen molar-refractivity contribution in [3.63, 3.8) is 0 Å². The van der Waals surface area contributed by atoms with Gasteiger partial charge in [0.15, 0.2) is 0 Å². The van der Waals surface area contributed by atoms with Gasteiger partial charge in [0.25, 0.3) is 0 Å². The quantitative estimate of drug-likeness (QED) is 0.0524. The van der Waals surface area contributed by atoms with Crippen LogP contribution in [0.3, 0.4) is 0 Å². The zero-order valence-corrected chi connectivity index (χ0v) is 33.6. The maximum Gasteiger partial charge on any atom is 0.306 e. The molecule has 0 amide bonds. The minimum atomic E-state index is -0.657. The molecule has 2 unspecified atom stereocenters. The molecule has 0 aliphatic heterocycles. The highest BCUT2D eigenvalue weighted by Crippen LogP contribution is 2.23. The fraction of sp³-hybridized carbons (Fsp3) is 0.955. The van der Waals surface area contributed by atoms with Gasteiger partial charge in [0.2, 0.25) is 0 Å². The number of carbonyl (C=O) groups is 2. The molecule has 0 saturated carbocycles. The molecular formula is C44H88O4. The fourth-order valence-corrected chi connectivity index (χ4v) is 6.65. The number of aliphatic carboxylic acids is 1. The van der Waals surface area contributed by atoms with Gasteiger partial charge in [-0.2, -0.15) is 0 Å². The molecular weight excluding hydrogens is 592 g/mol. The highest BCUT2D eigenvalue weighted by Gasteiger charge is 2.17. The lowest BCUT2D eigenvalue weighted by Gasteiger charge is -2.21. The van der Waals surface area contributed by atoms with E-state index < -0.39 is 5.97 Å². The van der Waals surface area contributed by atoms with E-state index in [9.17, 15) is 9.59 Å². The summed E-state index contributed by atoms with van der Waals surface area (Å²) in [4.78, 5) is 22.7. The Morgan fingerprint density at radius 3 is 1.19 bits per heavy atom. The van der Waals surface area contributed by atoms with Crippen molar-refractivity contribution in [2.24, 2.45) is 5.92 Å². The van der Waals surface area contributed by atoms with Gasteiger partial charge in [-0.25, -0.2) is 0 Å². The van der Waals surface area contributed by atoms with E-state index in [-0.39, 0.29) is 12.1 Å². The molecule has 0 heterocycles. The normalized spacial score (nSPS) is 12.4. The van der Waals surface area contributed by atoms with E-state index >= 15 is 0 Å². The van der Waals surface area contributed by atoms with Gasteiger partial charge in [-0.05, 0) is 44.4 Å². The van der Waals surface area contributed by atoms with Crippen LogP contribution in [0.5, 0.6) is 0 Å². The molecule has 48 heavy (non-hydrogen) atoms. The van der Waals surface area contributed by atoms with Crippen LogP contribution in [0, 0.1) is 5.92 Å². The van der Waals surface area contributed by atoms with Crippen LogP contribution < -0.4 is 0 Å². The summed E-state index contributed by atoms with van der Waals surface area (Å²) >= 11 is 0. The Hall–Kier alpha value is -1.06. The number of unbranched alkanes of at least 4 members (excludes halogenated alkanes) is 24. The van der Waals surface area contributed by atoms with Crippen LogP contribution in [0.25, 0.3) is 0 Å². The van der Waals surface area contributed by atoms with Gasteiger partial charge in [-0.3, -0.25) is 9.59 Å². The van der Waals surface area contributed by atoms with E-state index in [1.54, 1.807) is 0 Å². The first-order valence-corrected chi connectivity index (χ1v) is 21.9. The Balaban J connectivity index is 0. The standard InChI is InChI=1S/C30H60O2.C14H28O2/c1-5-9-12-14-15-16-17-18-19-20-22-25-30(31)32-29(24-21-13-10-6-2)27-26-28(8-4)23-11-7-3;1-2-3-4-5-6-7-8-9-10-11-12-13-14(15)16/h28-29H,5-27H2,1-4H3;2-13H2,1H3,(H,15,16). The molecule has 0 saturated heterocycles. The lowest BCUT2D eigenvalue weighted by molar-refractivity contribution is -0.150. The predicted octanol–water partition coefficient (Wildman–Crippen LogP) is 15.3. The second-order valence-electron chi connectivity index (χ2n) is 14.9. The van der Waals surface area contributed by atoms with Gasteiger partial charge >= 0.3 is 11.9 Å². The number of ether oxygens (including phenoxy) is 1. The zero-order valence-electron chi connectivity index (χ0n) is 33.6. The predicted molar refractivity (Wildman–Crippen MR) is 211 cm³/mol. The summed E-state index contributed by atoms with van der Waals surface area (Å²) < 4.78 is 5.98. The van der Waals surface area contributed by atoms with Crippen molar-refractivity contribution in [1.82, 2.24) is 0 Å². The first-order chi connectivity index (χ1) is 23.4. The molecule has 0 fully saturated rings. The zero-order chi connectivity index (χ0) is 35.8. The number of esters is 1. The van der Waals surface area contributed by atoms with Crippen molar-refractivity contribution in [3.05, 3.63) is 0 Å². The highest BCUT2D eigenvalue weighted by atomic mass is 16.5. The third-order valence-electron chi connectivity index (χ3n) is 10.1. The van der Waals surface area contributed by atoms with Crippen molar-refractivity contribution in [3.8, 4) is 0 Å². The summed E-state index contributed by atoms with van der Waals surface area (Å²) in [5.74, 6) is 0.206. The summed E-state index contributed by atoms with van der Waals surface area (Å²) in [5.41, 5.74) is 0. The monoisotopic (exact) mass is 681 g/mol. The minimum Gasteiger partial charge on any atom is -0.481 e. The van der Waals surface area contributed by atoms with Crippen LogP contribution in [-0.2, 0) is 14.3 Å². The van der Waals surface area contributed by atoms with Gasteiger partial charge in [-0.15, -0.1) is 0 Å². The largest absolute Gasteiger partial charge is 0.481 e. The Bertz CT molecular complexity index is 633. The Morgan fingerprint density at radius 1 is 0.417 bits per heavy atom. The Kier molecular flexibility index (Phi) is 43.0. The SMILES string of the molecule is CCCCCCCCCCCCCC(=O)O.CCCCCCCCCCCCCC(=O)OC(CCCCCC)CCC(CC)CCCC. The number of hydrogen-bond donors (Lipinski definition) is 1. The first-order valence-electron chi connectivity index (χ1n) is 21.9. The van der Waals surface area contributed by atoms with E-state index in [0.29, 0.717) is 12.8 Å². The summed E-state index contributed by atoms with van der Waals surface area (Å²) in [6, 6.07) is 0. The molecule has 0 rings (SSSR count). The molecule has 2 atom stereocenters. The number of carbonyl (C=O) groups excluding carboxylic acids is 1. The van der Waals surface area contributed by atoms with Crippen molar-refractivity contribution >= 4 is 11.9 Å². The second-order valence-corrected chi connectivity index (χ2v) is 14.9. The third-order valence-corrected chi connectivity index (χ3v) is 10.1. The van der Waals surface area contributed by atoms with Crippen molar-refractivity contribution in [2.75, 3.05) is 0 Å². The van der Waals surface area contributed by atoms with Gasteiger partial charge < -0.3 is 9.84 Å². The maximum absolute atomic E-state index is 12.5. The van der Waals surface area contributed by atoms with Crippen LogP contribution >= 0.6 is 0 Å². The van der Waals surface area contributed by atoms with Crippen LogP contribution in [-0.4, -0.2) is 23.1 Å². The van der Waals surface area contributed by atoms with E-state index in [2.05, 4.69) is 34.6 Å². The van der Waals surface area contributed by atoms with Gasteiger partial charge in [0.1, 0.15) is 6.10 Å². The molecule has 0 aliphatic rings. The van der Waals surface area contributed by atoms with E-state index in [1.165, 1.54) is 180 Å². The third kappa shape index (κ3) is 41.1. The number of carboxylic acid groups (broad SMARTS) is 1. The Labute approximate surface area is 302 Å². The maximum atomic E-state index is 12.5. The lowest BCUT2D eigenvalue weighted by Crippen LogP contribution is -2.19. The molecule has 0 aromatic rings. The van der Waals surface area contributed by atoms with Crippen LogP contribution in [0.15, 0.2) is 0 Å². The summed E-state index contributed by atoms with van der Waals surface area (Å²) in [7, 11) is 0. The molecule has 0 spiro atoms. The fourth-order valence-electron chi connectivity index (χ4n) is 6.65. The summed E-state index contributed by atoms with van der Waals surface area (Å²) in [5, 5.41) is 8.46. The number of hydrogen-bond acceptors (Lipinski definition) is 3. The van der Waals surface area contributed by atoms with Gasteiger partial charge in [0.05, 0.1) is 0 Å². The van der Waals surface area contributed by atoms with Crippen LogP contribution in [0.4, 0.5) is 0 Å².